The van der Waals surface area contributed by atoms with Gasteiger partial charge in [0.2, 0.25) is 0 Å². The Labute approximate surface area is 215 Å². The number of ether oxygens (including phenoxy) is 1. The summed E-state index contributed by atoms with van der Waals surface area (Å²) in [5.74, 6) is -3.09. The Morgan fingerprint density at radius 2 is 1.59 bits per heavy atom. The van der Waals surface area contributed by atoms with Crippen LogP contribution in [0.25, 0.3) is 0 Å². The van der Waals surface area contributed by atoms with Crippen molar-refractivity contribution in [2.75, 3.05) is 17.2 Å². The number of alkyl halides is 3. The smallest absolute Gasteiger partial charge is 0.418 e. The maximum Gasteiger partial charge on any atom is 0.418 e. The van der Waals surface area contributed by atoms with Crippen molar-refractivity contribution in [3.8, 4) is 5.75 Å². The van der Waals surface area contributed by atoms with E-state index in [1.807, 2.05) is 5.43 Å². The largest absolute Gasteiger partial charge is 0.484 e. The van der Waals surface area contributed by atoms with Crippen LogP contribution in [0, 0.1) is 5.82 Å². The van der Waals surface area contributed by atoms with Gasteiger partial charge in [0.25, 0.3) is 5.91 Å². The van der Waals surface area contributed by atoms with Gasteiger partial charge in [-0.25, -0.2) is 9.82 Å². The molecule has 0 saturated heterocycles. The summed E-state index contributed by atoms with van der Waals surface area (Å²) < 4.78 is 57.9. The van der Waals surface area contributed by atoms with Crippen LogP contribution in [0.1, 0.15) is 11.1 Å². The van der Waals surface area contributed by atoms with E-state index in [1.165, 1.54) is 48.7 Å². The number of carbonyl (C=O) groups excluding carboxylic acids is 3. The fraction of sp³-hybridized carbons (Fsp3) is 0.0833. The predicted octanol–water partition coefficient (Wildman–Crippen LogP) is 4.71. The zero-order valence-corrected chi connectivity index (χ0v) is 20.2. The highest BCUT2D eigenvalue weighted by Gasteiger charge is 2.34. The number of rotatable bonds is 7. The van der Waals surface area contributed by atoms with Crippen molar-refractivity contribution in [3.63, 3.8) is 0 Å². The Balaban J connectivity index is 1.47. The molecule has 3 N–H and O–H groups in total. The monoisotopic (exact) mass is 580 g/mol. The summed E-state index contributed by atoms with van der Waals surface area (Å²) in [5, 5.41) is 8.11. The Kier molecular flexibility index (Phi) is 8.95. The van der Waals surface area contributed by atoms with E-state index in [4.69, 9.17) is 4.74 Å². The van der Waals surface area contributed by atoms with E-state index in [1.54, 1.807) is 0 Å². The highest BCUT2D eigenvalue weighted by Crippen LogP contribution is 2.36. The minimum atomic E-state index is -4.66. The van der Waals surface area contributed by atoms with E-state index in [2.05, 4.69) is 31.7 Å². The Morgan fingerprint density at radius 3 is 2.24 bits per heavy atom. The summed E-state index contributed by atoms with van der Waals surface area (Å²) in [7, 11) is 0. The van der Waals surface area contributed by atoms with Gasteiger partial charge in [-0.2, -0.15) is 18.3 Å². The third-order valence-electron chi connectivity index (χ3n) is 4.50. The van der Waals surface area contributed by atoms with Crippen molar-refractivity contribution in [3.05, 3.63) is 88.1 Å². The van der Waals surface area contributed by atoms with Gasteiger partial charge in [0.05, 0.1) is 17.5 Å². The van der Waals surface area contributed by atoms with Crippen LogP contribution in [-0.4, -0.2) is 30.5 Å². The van der Waals surface area contributed by atoms with Gasteiger partial charge in [0.15, 0.2) is 6.61 Å². The van der Waals surface area contributed by atoms with Gasteiger partial charge in [0.1, 0.15) is 11.6 Å². The lowest BCUT2D eigenvalue weighted by Crippen LogP contribution is -2.32. The van der Waals surface area contributed by atoms with Gasteiger partial charge in [-0.05, 0) is 72.3 Å². The van der Waals surface area contributed by atoms with E-state index in [0.717, 1.165) is 24.3 Å². The number of nitrogens with one attached hydrogen (secondary N) is 3. The van der Waals surface area contributed by atoms with Crippen molar-refractivity contribution in [1.29, 1.82) is 0 Å². The molecule has 8 nitrogen and oxygen atoms in total. The lowest BCUT2D eigenvalue weighted by molar-refractivity contribution is -0.137. The van der Waals surface area contributed by atoms with Crippen molar-refractivity contribution >= 4 is 51.2 Å². The standard InChI is InChI=1S/C24H17BrF4N4O4/c25-15-3-10-20(19(11-15)24(27,28)29)32-21(34)13-37-18-8-1-14(2-9-18)12-30-33-23(36)22(35)31-17-6-4-16(26)5-7-17/h1-12H,13H2,(H,31,35)(H,32,34)(H,33,36)/b30-12-. The van der Waals surface area contributed by atoms with E-state index in [-0.39, 0.29) is 15.9 Å². The first-order chi connectivity index (χ1) is 17.5. The van der Waals surface area contributed by atoms with Crippen LogP contribution < -0.4 is 20.8 Å². The van der Waals surface area contributed by atoms with Crippen molar-refractivity contribution < 1.29 is 36.7 Å². The Hall–Kier alpha value is -4.26. The van der Waals surface area contributed by atoms with Gasteiger partial charge >= 0.3 is 18.0 Å². The molecule has 0 saturated carbocycles. The molecule has 0 atom stereocenters. The highest BCUT2D eigenvalue weighted by molar-refractivity contribution is 9.10. The van der Waals surface area contributed by atoms with Crippen molar-refractivity contribution in [2.45, 2.75) is 6.18 Å². The van der Waals surface area contributed by atoms with Gasteiger partial charge in [-0.3, -0.25) is 14.4 Å². The number of anilines is 2. The average Bonchev–Trinajstić information content (AvgIpc) is 2.85. The fourth-order valence-corrected chi connectivity index (χ4v) is 3.14. The minimum absolute atomic E-state index is 0.213. The fourth-order valence-electron chi connectivity index (χ4n) is 2.78. The number of benzene rings is 3. The van der Waals surface area contributed by atoms with Crippen LogP contribution in [0.15, 0.2) is 76.3 Å². The van der Waals surface area contributed by atoms with E-state index in [9.17, 15) is 31.9 Å². The second-order valence-electron chi connectivity index (χ2n) is 7.25. The lowest BCUT2D eigenvalue weighted by Gasteiger charge is -2.14. The molecule has 0 aliphatic carbocycles. The summed E-state index contributed by atoms with van der Waals surface area (Å²) >= 11 is 2.97. The Bertz CT molecular complexity index is 1310. The second-order valence-corrected chi connectivity index (χ2v) is 8.17. The molecule has 0 fully saturated rings. The quantitative estimate of drug-likeness (QED) is 0.163. The number of amides is 3. The lowest BCUT2D eigenvalue weighted by atomic mass is 10.1. The molecule has 37 heavy (non-hydrogen) atoms. The zero-order valence-electron chi connectivity index (χ0n) is 18.6. The molecule has 13 heteroatoms. The molecule has 3 rings (SSSR count). The van der Waals surface area contributed by atoms with Gasteiger partial charge in [0, 0.05) is 10.2 Å². The highest BCUT2D eigenvalue weighted by atomic mass is 79.9. The molecule has 0 unspecified atom stereocenters. The molecular weight excluding hydrogens is 564 g/mol. The summed E-state index contributed by atoms with van der Waals surface area (Å²) in [6.45, 7) is -0.542. The SMILES string of the molecule is O=C(COc1ccc(/C=N\NC(=O)C(=O)Nc2ccc(F)cc2)cc1)Nc1ccc(Br)cc1C(F)(F)F. The first kappa shape index (κ1) is 27.3. The zero-order chi connectivity index (χ0) is 27.0. The van der Waals surface area contributed by atoms with Crippen LogP contribution >= 0.6 is 15.9 Å². The average molecular weight is 581 g/mol. The number of halogens is 5. The molecular formula is C24H17BrF4N4O4. The van der Waals surface area contributed by atoms with Gasteiger partial charge < -0.3 is 15.4 Å². The van der Waals surface area contributed by atoms with E-state index < -0.39 is 47.6 Å². The van der Waals surface area contributed by atoms with Crippen LogP contribution in [0.2, 0.25) is 0 Å². The second kappa shape index (κ2) is 12.1. The summed E-state index contributed by atoms with van der Waals surface area (Å²) in [6, 6.07) is 14.2. The number of hydrogen-bond acceptors (Lipinski definition) is 5. The molecule has 0 spiro atoms. The number of carbonyl (C=O) groups is 3. The number of nitrogens with zero attached hydrogens (tertiary/aromatic N) is 1. The first-order valence-corrected chi connectivity index (χ1v) is 11.1. The van der Waals surface area contributed by atoms with Crippen LogP contribution in [0.4, 0.5) is 28.9 Å². The maximum atomic E-state index is 13.2. The molecule has 3 aromatic rings. The molecule has 0 heterocycles. The van der Waals surface area contributed by atoms with Crippen LogP contribution in [0.3, 0.4) is 0 Å². The van der Waals surface area contributed by atoms with Gasteiger partial charge in [-0.15, -0.1) is 0 Å². The van der Waals surface area contributed by atoms with Crippen LogP contribution in [-0.2, 0) is 20.6 Å². The van der Waals surface area contributed by atoms with E-state index >= 15 is 0 Å². The first-order valence-electron chi connectivity index (χ1n) is 10.3. The third kappa shape index (κ3) is 8.42. The molecule has 0 aromatic heterocycles. The normalized spacial score (nSPS) is 11.2. The topological polar surface area (TPSA) is 109 Å². The molecule has 3 aromatic carbocycles. The summed E-state index contributed by atoms with van der Waals surface area (Å²) in [4.78, 5) is 35.7. The molecule has 192 valence electrons. The summed E-state index contributed by atoms with van der Waals surface area (Å²) in [6.07, 6.45) is -3.41. The minimum Gasteiger partial charge on any atom is -0.484 e. The maximum absolute atomic E-state index is 13.2. The summed E-state index contributed by atoms with van der Waals surface area (Å²) in [5.41, 5.74) is 1.37. The van der Waals surface area contributed by atoms with Crippen molar-refractivity contribution in [2.24, 2.45) is 5.10 Å². The molecule has 3 amide bonds. The predicted molar refractivity (Wildman–Crippen MR) is 130 cm³/mol. The molecule has 0 bridgehead atoms. The third-order valence-corrected chi connectivity index (χ3v) is 4.99. The van der Waals surface area contributed by atoms with Gasteiger partial charge in [-0.1, -0.05) is 15.9 Å². The number of hydrogen-bond donors (Lipinski definition) is 3. The number of hydrazone groups is 1. The van der Waals surface area contributed by atoms with E-state index in [0.29, 0.717) is 5.56 Å². The van der Waals surface area contributed by atoms with Crippen molar-refractivity contribution in [1.82, 2.24) is 5.43 Å². The Morgan fingerprint density at radius 1 is 0.919 bits per heavy atom. The van der Waals surface area contributed by atoms with Crippen LogP contribution in [0.5, 0.6) is 5.75 Å². The molecule has 0 aliphatic rings. The molecule has 0 radical (unpaired) electrons. The molecule has 0 aliphatic heterocycles.